The van der Waals surface area contributed by atoms with E-state index in [1.807, 2.05) is 19.1 Å². The largest absolute Gasteiger partial charge is 0.342 e. The third-order valence-electron chi connectivity index (χ3n) is 4.18. The summed E-state index contributed by atoms with van der Waals surface area (Å²) >= 11 is 0. The number of rotatable bonds is 5. The van der Waals surface area contributed by atoms with Crippen molar-refractivity contribution in [1.82, 2.24) is 14.9 Å². The van der Waals surface area contributed by atoms with E-state index in [0.717, 1.165) is 28.7 Å². The molecule has 2 aromatic rings. The number of carbonyl (C=O) groups is 1. The molecule has 1 aliphatic carbocycles. The highest BCUT2D eigenvalue weighted by Gasteiger charge is 2.35. The summed E-state index contributed by atoms with van der Waals surface area (Å²) < 4.78 is 27.0. The van der Waals surface area contributed by atoms with E-state index in [9.17, 15) is 13.6 Å². The van der Waals surface area contributed by atoms with Crippen molar-refractivity contribution in [3.05, 3.63) is 53.1 Å². The first-order valence-corrected chi connectivity index (χ1v) is 7.67. The van der Waals surface area contributed by atoms with Crippen molar-refractivity contribution >= 4 is 5.91 Å². The van der Waals surface area contributed by atoms with E-state index in [0.29, 0.717) is 11.6 Å². The SMILES string of the molecule is Cc1ccnc([C@@H](NC(=O)c2ccc(C)n2C(F)F)C2CC2)c1. The van der Waals surface area contributed by atoms with Gasteiger partial charge < -0.3 is 5.32 Å². The number of carbonyl (C=O) groups excluding carboxylic acids is 1. The molecule has 1 atom stereocenters. The molecule has 122 valence electrons. The van der Waals surface area contributed by atoms with Gasteiger partial charge in [-0.25, -0.2) is 0 Å². The lowest BCUT2D eigenvalue weighted by Crippen LogP contribution is -2.32. The normalized spacial score (nSPS) is 15.7. The monoisotopic (exact) mass is 319 g/mol. The first-order chi connectivity index (χ1) is 11.0. The molecule has 0 saturated heterocycles. The maximum atomic E-state index is 13.1. The van der Waals surface area contributed by atoms with E-state index in [4.69, 9.17) is 0 Å². The van der Waals surface area contributed by atoms with E-state index in [-0.39, 0.29) is 11.7 Å². The van der Waals surface area contributed by atoms with Crippen molar-refractivity contribution in [2.45, 2.75) is 39.3 Å². The second kappa shape index (κ2) is 6.10. The van der Waals surface area contributed by atoms with Gasteiger partial charge in [0.15, 0.2) is 0 Å². The van der Waals surface area contributed by atoms with Crippen LogP contribution in [-0.4, -0.2) is 15.5 Å². The highest BCUT2D eigenvalue weighted by molar-refractivity contribution is 5.93. The highest BCUT2D eigenvalue weighted by Crippen LogP contribution is 2.40. The summed E-state index contributed by atoms with van der Waals surface area (Å²) in [5.41, 5.74) is 2.19. The number of hydrogen-bond donors (Lipinski definition) is 1. The van der Waals surface area contributed by atoms with Crippen molar-refractivity contribution in [2.75, 3.05) is 0 Å². The number of nitrogens with zero attached hydrogens (tertiary/aromatic N) is 2. The first-order valence-electron chi connectivity index (χ1n) is 7.67. The van der Waals surface area contributed by atoms with Crippen LogP contribution in [0.1, 0.15) is 52.9 Å². The van der Waals surface area contributed by atoms with Gasteiger partial charge >= 0.3 is 6.55 Å². The van der Waals surface area contributed by atoms with Crippen molar-refractivity contribution < 1.29 is 13.6 Å². The van der Waals surface area contributed by atoms with E-state index in [1.54, 1.807) is 13.1 Å². The Labute approximate surface area is 133 Å². The number of aryl methyl sites for hydroxylation is 2. The molecule has 1 saturated carbocycles. The fraction of sp³-hybridized carbons (Fsp3) is 0.412. The van der Waals surface area contributed by atoms with E-state index in [1.165, 1.54) is 12.1 Å². The highest BCUT2D eigenvalue weighted by atomic mass is 19.3. The van der Waals surface area contributed by atoms with Crippen LogP contribution in [0.2, 0.25) is 0 Å². The van der Waals surface area contributed by atoms with E-state index in [2.05, 4.69) is 10.3 Å². The molecular formula is C17H19F2N3O. The molecular weight excluding hydrogens is 300 g/mol. The van der Waals surface area contributed by atoms with Crippen LogP contribution in [-0.2, 0) is 0 Å². The molecule has 1 aliphatic rings. The van der Waals surface area contributed by atoms with Gasteiger partial charge in [-0.15, -0.1) is 0 Å². The fourth-order valence-corrected chi connectivity index (χ4v) is 2.80. The molecule has 0 spiro atoms. The molecule has 0 bridgehead atoms. The maximum absolute atomic E-state index is 13.1. The molecule has 3 rings (SSSR count). The number of aromatic nitrogens is 2. The molecule has 6 heteroatoms. The maximum Gasteiger partial charge on any atom is 0.319 e. The molecule has 0 radical (unpaired) electrons. The predicted octanol–water partition coefficient (Wildman–Crippen LogP) is 3.78. The number of nitrogens with one attached hydrogen (secondary N) is 1. The van der Waals surface area contributed by atoms with Crippen molar-refractivity contribution in [3.63, 3.8) is 0 Å². The van der Waals surface area contributed by atoms with Crippen LogP contribution in [0.25, 0.3) is 0 Å². The third-order valence-corrected chi connectivity index (χ3v) is 4.18. The number of alkyl halides is 2. The van der Waals surface area contributed by atoms with Crippen molar-refractivity contribution in [3.8, 4) is 0 Å². The quantitative estimate of drug-likeness (QED) is 0.912. The summed E-state index contributed by atoms with van der Waals surface area (Å²) in [7, 11) is 0. The van der Waals surface area contributed by atoms with Crippen LogP contribution < -0.4 is 5.32 Å². The molecule has 2 aromatic heterocycles. The average Bonchev–Trinajstić information content (AvgIpc) is 3.26. The molecule has 0 aliphatic heterocycles. The lowest BCUT2D eigenvalue weighted by atomic mass is 10.1. The zero-order chi connectivity index (χ0) is 16.6. The Morgan fingerprint density at radius 1 is 1.30 bits per heavy atom. The van der Waals surface area contributed by atoms with Gasteiger partial charge in [0, 0.05) is 11.9 Å². The van der Waals surface area contributed by atoms with Crippen LogP contribution in [0.5, 0.6) is 0 Å². The number of amides is 1. The Hall–Kier alpha value is -2.24. The van der Waals surface area contributed by atoms with Crippen LogP contribution in [0.15, 0.2) is 30.5 Å². The predicted molar refractivity (Wildman–Crippen MR) is 82.3 cm³/mol. The Morgan fingerprint density at radius 3 is 2.65 bits per heavy atom. The van der Waals surface area contributed by atoms with Gasteiger partial charge in [0.2, 0.25) is 0 Å². The van der Waals surface area contributed by atoms with Crippen LogP contribution >= 0.6 is 0 Å². The van der Waals surface area contributed by atoms with Crippen LogP contribution in [0.3, 0.4) is 0 Å². The van der Waals surface area contributed by atoms with Gasteiger partial charge in [-0.2, -0.15) is 8.78 Å². The standard InChI is InChI=1S/C17H19F2N3O/c1-10-7-8-20-13(9-10)15(12-4-5-12)21-16(23)14-6-3-11(2)22(14)17(18)19/h3,6-9,12,15,17H,4-5H2,1-2H3,(H,21,23)/t15-/m0/s1. The van der Waals surface area contributed by atoms with Gasteiger partial charge in [-0.1, -0.05) is 0 Å². The summed E-state index contributed by atoms with van der Waals surface area (Å²) in [4.78, 5) is 16.8. The third kappa shape index (κ3) is 3.25. The van der Waals surface area contributed by atoms with Gasteiger partial charge in [-0.05, 0) is 62.4 Å². The summed E-state index contributed by atoms with van der Waals surface area (Å²) in [5.74, 6) is -0.164. The Bertz CT molecular complexity index is 722. The Kier molecular flexibility index (Phi) is 4.15. The Morgan fingerprint density at radius 2 is 2.04 bits per heavy atom. The number of halogens is 2. The fourth-order valence-electron chi connectivity index (χ4n) is 2.80. The van der Waals surface area contributed by atoms with Gasteiger partial charge in [0.05, 0.1) is 11.7 Å². The Balaban J connectivity index is 1.85. The zero-order valence-electron chi connectivity index (χ0n) is 13.1. The van der Waals surface area contributed by atoms with Gasteiger partial charge in [-0.3, -0.25) is 14.3 Å². The smallest absolute Gasteiger partial charge is 0.319 e. The number of pyridine rings is 1. The van der Waals surface area contributed by atoms with Crippen LogP contribution in [0.4, 0.5) is 8.78 Å². The molecule has 1 fully saturated rings. The van der Waals surface area contributed by atoms with Gasteiger partial charge in [0.25, 0.3) is 5.91 Å². The molecule has 2 heterocycles. The summed E-state index contributed by atoms with van der Waals surface area (Å²) in [6.45, 7) is 0.785. The van der Waals surface area contributed by atoms with Gasteiger partial charge in [0.1, 0.15) is 5.69 Å². The topological polar surface area (TPSA) is 46.9 Å². The molecule has 23 heavy (non-hydrogen) atoms. The first kappa shape index (κ1) is 15.6. The van der Waals surface area contributed by atoms with Crippen molar-refractivity contribution in [1.29, 1.82) is 0 Å². The summed E-state index contributed by atoms with van der Waals surface area (Å²) in [6.07, 6.45) is 3.73. The summed E-state index contributed by atoms with van der Waals surface area (Å²) in [5, 5.41) is 2.89. The zero-order valence-corrected chi connectivity index (χ0v) is 13.1. The lowest BCUT2D eigenvalue weighted by molar-refractivity contribution is 0.0612. The molecule has 1 N–H and O–H groups in total. The molecule has 0 unspecified atom stereocenters. The second-order valence-electron chi connectivity index (χ2n) is 6.05. The minimum absolute atomic E-state index is 0.0178. The second-order valence-corrected chi connectivity index (χ2v) is 6.05. The minimum Gasteiger partial charge on any atom is -0.342 e. The molecule has 0 aromatic carbocycles. The lowest BCUT2D eigenvalue weighted by Gasteiger charge is -2.19. The van der Waals surface area contributed by atoms with E-state index < -0.39 is 12.5 Å². The average molecular weight is 319 g/mol. The molecule has 1 amide bonds. The minimum atomic E-state index is -2.73. The van der Waals surface area contributed by atoms with E-state index >= 15 is 0 Å². The number of hydrogen-bond acceptors (Lipinski definition) is 2. The molecule has 4 nitrogen and oxygen atoms in total. The van der Waals surface area contributed by atoms with Crippen LogP contribution in [0, 0.1) is 19.8 Å². The van der Waals surface area contributed by atoms with Crippen molar-refractivity contribution in [2.24, 2.45) is 5.92 Å². The summed E-state index contributed by atoms with van der Waals surface area (Å²) in [6, 6.07) is 6.55.